The monoisotopic (exact) mass is 395 g/mol. The molecule has 14 heteroatoms. The van der Waals surface area contributed by atoms with Crippen LogP contribution in [0, 0.1) is 0 Å². The van der Waals surface area contributed by atoms with Crippen molar-refractivity contribution in [3.05, 3.63) is 0 Å². The summed E-state index contributed by atoms with van der Waals surface area (Å²) in [6.45, 7) is 3.51. The first-order chi connectivity index (χ1) is 9.55. The predicted molar refractivity (Wildman–Crippen MR) is 69.0 cm³/mol. The molecule has 0 aliphatic carbocycles. The third-order valence-corrected chi connectivity index (χ3v) is 15.1. The molecular formula is C8H15F6NO4S2Si. The molecule has 22 heavy (non-hydrogen) atoms. The van der Waals surface area contributed by atoms with Crippen molar-refractivity contribution in [2.75, 3.05) is 0 Å². The summed E-state index contributed by atoms with van der Waals surface area (Å²) in [5.74, 6) is 0. The Hall–Kier alpha value is -0.343. The number of rotatable bonds is 6. The zero-order valence-corrected chi connectivity index (χ0v) is 14.4. The normalized spacial score (nSPS) is 15.4. The summed E-state index contributed by atoms with van der Waals surface area (Å²) >= 11 is 0. The predicted octanol–water partition coefficient (Wildman–Crippen LogP) is 2.99. The summed E-state index contributed by atoms with van der Waals surface area (Å²) in [6.07, 6.45) is 0. The number of sulfonamides is 2. The minimum Gasteiger partial charge on any atom is -0.202 e. The fraction of sp³-hybridized carbons (Fsp3) is 1.00. The van der Waals surface area contributed by atoms with E-state index in [0.717, 1.165) is 0 Å². The molecule has 0 rings (SSSR count). The highest BCUT2D eigenvalue weighted by molar-refractivity contribution is 8.06. The van der Waals surface area contributed by atoms with Gasteiger partial charge in [0.1, 0.15) is 0 Å². The van der Waals surface area contributed by atoms with Crippen LogP contribution >= 0.6 is 0 Å². The Kier molecular flexibility index (Phi) is 6.18. The van der Waals surface area contributed by atoms with Gasteiger partial charge in [0.25, 0.3) is 0 Å². The number of halogens is 6. The quantitative estimate of drug-likeness (QED) is 0.512. The minimum absolute atomic E-state index is 0.412. The molecular weight excluding hydrogens is 380 g/mol. The number of alkyl halides is 6. The molecule has 0 aliphatic rings. The summed E-state index contributed by atoms with van der Waals surface area (Å²) in [5.41, 5.74) is -12.3. The smallest absolute Gasteiger partial charge is 0.202 e. The van der Waals surface area contributed by atoms with Crippen LogP contribution in [0.5, 0.6) is 0 Å². The zero-order valence-electron chi connectivity index (χ0n) is 11.8. The molecule has 0 aromatic rings. The zero-order chi connectivity index (χ0) is 18.2. The van der Waals surface area contributed by atoms with Gasteiger partial charge in [-0.3, -0.25) is 0 Å². The molecule has 134 valence electrons. The van der Waals surface area contributed by atoms with Gasteiger partial charge in [0.2, 0.25) is 0 Å². The van der Waals surface area contributed by atoms with E-state index in [-0.39, 0.29) is 0 Å². The second-order valence-corrected chi connectivity index (χ2v) is 13.8. The van der Waals surface area contributed by atoms with Crippen LogP contribution in [0.3, 0.4) is 0 Å². The molecule has 0 aromatic heterocycles. The van der Waals surface area contributed by atoms with E-state index in [4.69, 9.17) is 0 Å². The maximum absolute atomic E-state index is 12.7. The van der Waals surface area contributed by atoms with Gasteiger partial charge in [-0.1, -0.05) is 20.8 Å². The van der Waals surface area contributed by atoms with E-state index < -0.39 is 60.8 Å². The minimum atomic E-state index is -6.69. The first kappa shape index (κ1) is 21.7. The highest BCUT2D eigenvalue weighted by atomic mass is 32.3. The Balaban J connectivity index is 6.80. The summed E-state index contributed by atoms with van der Waals surface area (Å²) in [7, 11) is -17.5. The van der Waals surface area contributed by atoms with Crippen LogP contribution in [0.15, 0.2) is 0 Å². The lowest BCUT2D eigenvalue weighted by molar-refractivity contribution is -0.0510. The Morgan fingerprint density at radius 3 is 1.09 bits per heavy atom. The van der Waals surface area contributed by atoms with Crippen molar-refractivity contribution >= 4 is 28.3 Å². The molecule has 0 saturated carbocycles. The van der Waals surface area contributed by atoms with E-state index in [0.29, 0.717) is 0 Å². The van der Waals surface area contributed by atoms with Crippen molar-refractivity contribution in [1.82, 2.24) is 3.38 Å². The van der Waals surface area contributed by atoms with Gasteiger partial charge >= 0.3 is 31.1 Å². The van der Waals surface area contributed by atoms with E-state index in [1.807, 2.05) is 0 Å². The van der Waals surface area contributed by atoms with Crippen LogP contribution in [-0.4, -0.2) is 39.5 Å². The van der Waals surface area contributed by atoms with Gasteiger partial charge in [0.15, 0.2) is 8.24 Å². The topological polar surface area (TPSA) is 71.5 Å². The van der Waals surface area contributed by atoms with Crippen molar-refractivity contribution in [1.29, 1.82) is 0 Å². The van der Waals surface area contributed by atoms with Crippen molar-refractivity contribution in [2.24, 2.45) is 0 Å². The first-order valence-corrected chi connectivity index (χ1v) is 11.4. The fourth-order valence-electron chi connectivity index (χ4n) is 1.96. The largest absolute Gasteiger partial charge is 0.512 e. The SMILES string of the molecule is CC[Si](CC)(CC)N(S(=O)(=O)C(F)(F)F)S(=O)(=O)C(F)(F)F. The Morgan fingerprint density at radius 1 is 0.727 bits per heavy atom. The van der Waals surface area contributed by atoms with Crippen LogP contribution in [0.1, 0.15) is 20.8 Å². The molecule has 0 bridgehead atoms. The Labute approximate surface area is 125 Å². The van der Waals surface area contributed by atoms with Gasteiger partial charge in [0, 0.05) is 0 Å². The third kappa shape index (κ3) is 3.43. The summed E-state index contributed by atoms with van der Waals surface area (Å²) in [6, 6.07) is -1.24. The molecule has 0 fully saturated rings. The molecule has 0 aromatic carbocycles. The maximum atomic E-state index is 12.7. The maximum Gasteiger partial charge on any atom is 0.512 e. The van der Waals surface area contributed by atoms with E-state index in [1.165, 1.54) is 20.8 Å². The highest BCUT2D eigenvalue weighted by Gasteiger charge is 2.66. The van der Waals surface area contributed by atoms with E-state index >= 15 is 0 Å². The van der Waals surface area contributed by atoms with Gasteiger partial charge in [-0.05, 0) is 18.1 Å². The average Bonchev–Trinajstić information content (AvgIpc) is 2.32. The molecule has 0 radical (unpaired) electrons. The molecule has 0 saturated heterocycles. The van der Waals surface area contributed by atoms with Gasteiger partial charge in [0.05, 0.1) is 0 Å². The van der Waals surface area contributed by atoms with Gasteiger partial charge in [-0.25, -0.2) is 16.8 Å². The first-order valence-electron chi connectivity index (χ1n) is 5.98. The molecule has 0 N–H and O–H groups in total. The molecule has 5 nitrogen and oxygen atoms in total. The Morgan fingerprint density at radius 2 is 0.955 bits per heavy atom. The molecule has 0 spiro atoms. The van der Waals surface area contributed by atoms with Gasteiger partial charge < -0.3 is 0 Å². The van der Waals surface area contributed by atoms with Crippen molar-refractivity contribution in [2.45, 2.75) is 49.9 Å². The molecule has 0 amide bonds. The lowest BCUT2D eigenvalue weighted by Gasteiger charge is -2.38. The molecule has 0 heterocycles. The van der Waals surface area contributed by atoms with Crippen LogP contribution in [0.4, 0.5) is 26.3 Å². The summed E-state index contributed by atoms with van der Waals surface area (Å²) in [5, 5.41) is 0. The van der Waals surface area contributed by atoms with Crippen LogP contribution in [0.25, 0.3) is 0 Å². The van der Waals surface area contributed by atoms with E-state index in [9.17, 15) is 43.2 Å². The number of hydrogen-bond acceptors (Lipinski definition) is 4. The highest BCUT2D eigenvalue weighted by Crippen LogP contribution is 2.42. The van der Waals surface area contributed by atoms with E-state index in [2.05, 4.69) is 0 Å². The van der Waals surface area contributed by atoms with Gasteiger partial charge in [-0.15, -0.1) is 3.38 Å². The van der Waals surface area contributed by atoms with Crippen LogP contribution in [-0.2, 0) is 20.0 Å². The van der Waals surface area contributed by atoms with Crippen LogP contribution < -0.4 is 0 Å². The Bertz CT molecular complexity index is 541. The van der Waals surface area contributed by atoms with Crippen molar-refractivity contribution in [3.63, 3.8) is 0 Å². The molecule has 0 unspecified atom stereocenters. The summed E-state index contributed by atoms with van der Waals surface area (Å²) < 4.78 is 121. The standard InChI is InChI=1S/C8H15F6NO4S2Si/c1-4-22(5-2,6-3)15(20(16,17)7(9,10)11)21(18,19)8(12,13)14/h4-6H2,1-3H3. The fourth-order valence-corrected chi connectivity index (χ4v) is 13.2. The van der Waals surface area contributed by atoms with Crippen molar-refractivity contribution in [3.8, 4) is 0 Å². The molecule has 0 aliphatic heterocycles. The van der Waals surface area contributed by atoms with Crippen molar-refractivity contribution < 1.29 is 43.2 Å². The number of hydrogen-bond donors (Lipinski definition) is 0. The van der Waals surface area contributed by atoms with Gasteiger partial charge in [-0.2, -0.15) is 26.3 Å². The van der Waals surface area contributed by atoms with E-state index in [1.54, 1.807) is 0 Å². The second kappa shape index (κ2) is 6.28. The second-order valence-electron chi connectivity index (χ2n) is 4.38. The molecule has 0 atom stereocenters. The lowest BCUT2D eigenvalue weighted by atomic mass is 10.9. The summed E-state index contributed by atoms with van der Waals surface area (Å²) in [4.78, 5) is 0. The average molecular weight is 395 g/mol. The number of nitrogens with zero attached hydrogens (tertiary/aromatic N) is 1. The van der Waals surface area contributed by atoms with Crippen LogP contribution in [0.2, 0.25) is 18.1 Å². The third-order valence-electron chi connectivity index (χ3n) is 3.38. The lowest BCUT2D eigenvalue weighted by Crippen LogP contribution is -2.62.